The molecule has 1 amide bonds. The standard InChI is InChI=1S/C23H21N3O2/c27-23(20-8-9-22-19(16-20)6-4-10-24-22)25-17-18-5-3-7-21(15-18)28-14-13-26-11-1-2-12-26/h1-12,15-16H,13-14,17H2,(H,25,27). The van der Waals surface area contributed by atoms with Crippen molar-refractivity contribution in [2.45, 2.75) is 13.1 Å². The van der Waals surface area contributed by atoms with Gasteiger partial charge in [0.2, 0.25) is 0 Å². The van der Waals surface area contributed by atoms with E-state index < -0.39 is 0 Å². The lowest BCUT2D eigenvalue weighted by molar-refractivity contribution is 0.0951. The molecular formula is C23H21N3O2. The first-order chi connectivity index (χ1) is 13.8. The Hall–Kier alpha value is -3.60. The molecular weight excluding hydrogens is 350 g/mol. The number of pyridine rings is 1. The van der Waals surface area contributed by atoms with Crippen molar-refractivity contribution in [3.8, 4) is 5.75 Å². The maximum Gasteiger partial charge on any atom is 0.251 e. The Morgan fingerprint density at radius 1 is 1.00 bits per heavy atom. The molecule has 2 heterocycles. The van der Waals surface area contributed by atoms with Crippen LogP contribution >= 0.6 is 0 Å². The third-order valence-corrected chi connectivity index (χ3v) is 4.50. The van der Waals surface area contributed by atoms with Crippen molar-refractivity contribution in [1.29, 1.82) is 0 Å². The van der Waals surface area contributed by atoms with E-state index in [0.29, 0.717) is 18.7 Å². The molecule has 0 aliphatic heterocycles. The van der Waals surface area contributed by atoms with Gasteiger partial charge >= 0.3 is 0 Å². The van der Waals surface area contributed by atoms with Crippen LogP contribution in [0.2, 0.25) is 0 Å². The highest BCUT2D eigenvalue weighted by molar-refractivity contribution is 5.97. The average Bonchev–Trinajstić information content (AvgIpc) is 3.25. The predicted molar refractivity (Wildman–Crippen MR) is 109 cm³/mol. The fourth-order valence-corrected chi connectivity index (χ4v) is 3.03. The molecule has 4 rings (SSSR count). The minimum absolute atomic E-state index is 0.107. The maximum absolute atomic E-state index is 12.5. The summed E-state index contributed by atoms with van der Waals surface area (Å²) in [5.74, 6) is 0.695. The molecule has 0 saturated carbocycles. The Balaban J connectivity index is 1.34. The fourth-order valence-electron chi connectivity index (χ4n) is 3.03. The Kier molecular flexibility index (Phi) is 5.33. The minimum atomic E-state index is -0.107. The molecule has 0 aliphatic rings. The van der Waals surface area contributed by atoms with Gasteiger partial charge in [0.25, 0.3) is 5.91 Å². The van der Waals surface area contributed by atoms with E-state index in [0.717, 1.165) is 28.8 Å². The molecule has 1 N–H and O–H groups in total. The predicted octanol–water partition coefficient (Wildman–Crippen LogP) is 4.05. The fraction of sp³-hybridized carbons (Fsp3) is 0.130. The number of aromatic nitrogens is 2. The van der Waals surface area contributed by atoms with E-state index in [1.165, 1.54) is 0 Å². The van der Waals surface area contributed by atoms with Crippen LogP contribution in [0.25, 0.3) is 10.9 Å². The molecule has 0 saturated heterocycles. The summed E-state index contributed by atoms with van der Waals surface area (Å²) in [5.41, 5.74) is 2.50. The number of hydrogen-bond acceptors (Lipinski definition) is 3. The van der Waals surface area contributed by atoms with Gasteiger partial charge in [-0.25, -0.2) is 0 Å². The SMILES string of the molecule is O=C(NCc1cccc(OCCn2cccc2)c1)c1ccc2ncccc2c1. The third kappa shape index (κ3) is 4.38. The molecule has 0 atom stereocenters. The van der Waals surface area contributed by atoms with Crippen LogP contribution in [0.1, 0.15) is 15.9 Å². The summed E-state index contributed by atoms with van der Waals surface area (Å²) < 4.78 is 7.89. The van der Waals surface area contributed by atoms with Gasteiger partial charge in [0.05, 0.1) is 12.1 Å². The lowest BCUT2D eigenvalue weighted by Gasteiger charge is -2.10. The zero-order valence-electron chi connectivity index (χ0n) is 15.4. The van der Waals surface area contributed by atoms with Gasteiger partial charge in [0, 0.05) is 36.1 Å². The number of benzene rings is 2. The molecule has 0 radical (unpaired) electrons. The number of hydrogen-bond donors (Lipinski definition) is 1. The number of carbonyl (C=O) groups is 1. The molecule has 4 aromatic rings. The first kappa shape index (κ1) is 17.8. The highest BCUT2D eigenvalue weighted by Gasteiger charge is 2.07. The quantitative estimate of drug-likeness (QED) is 0.533. The van der Waals surface area contributed by atoms with Crippen molar-refractivity contribution in [2.24, 2.45) is 0 Å². The van der Waals surface area contributed by atoms with E-state index in [2.05, 4.69) is 14.9 Å². The molecule has 5 heteroatoms. The molecule has 2 aromatic heterocycles. The first-order valence-corrected chi connectivity index (χ1v) is 9.23. The van der Waals surface area contributed by atoms with Crippen LogP contribution in [0.4, 0.5) is 0 Å². The molecule has 0 spiro atoms. The van der Waals surface area contributed by atoms with E-state index >= 15 is 0 Å². The van der Waals surface area contributed by atoms with Crippen molar-refractivity contribution >= 4 is 16.8 Å². The molecule has 0 fully saturated rings. The van der Waals surface area contributed by atoms with Crippen molar-refractivity contribution in [3.05, 3.63) is 96.4 Å². The van der Waals surface area contributed by atoms with E-state index in [9.17, 15) is 4.79 Å². The summed E-state index contributed by atoms with van der Waals surface area (Å²) in [6, 6.07) is 21.1. The van der Waals surface area contributed by atoms with Crippen LogP contribution in [-0.4, -0.2) is 22.1 Å². The summed E-state index contributed by atoms with van der Waals surface area (Å²) in [6.45, 7) is 1.83. The second-order valence-corrected chi connectivity index (χ2v) is 6.51. The highest BCUT2D eigenvalue weighted by Crippen LogP contribution is 2.15. The molecule has 28 heavy (non-hydrogen) atoms. The topological polar surface area (TPSA) is 56.1 Å². The smallest absolute Gasteiger partial charge is 0.251 e. The molecule has 5 nitrogen and oxygen atoms in total. The highest BCUT2D eigenvalue weighted by atomic mass is 16.5. The lowest BCUT2D eigenvalue weighted by Crippen LogP contribution is -2.22. The van der Waals surface area contributed by atoms with Crippen molar-refractivity contribution < 1.29 is 9.53 Å². The Morgan fingerprint density at radius 2 is 1.89 bits per heavy atom. The van der Waals surface area contributed by atoms with Gasteiger partial charge in [-0.1, -0.05) is 18.2 Å². The largest absolute Gasteiger partial charge is 0.492 e. The normalized spacial score (nSPS) is 10.7. The van der Waals surface area contributed by atoms with Crippen LogP contribution in [0.15, 0.2) is 85.3 Å². The second kappa shape index (κ2) is 8.39. The van der Waals surface area contributed by atoms with Crippen molar-refractivity contribution in [3.63, 3.8) is 0 Å². The Bertz CT molecular complexity index is 1070. The molecule has 0 bridgehead atoms. The zero-order valence-corrected chi connectivity index (χ0v) is 15.4. The van der Waals surface area contributed by atoms with Gasteiger partial charge in [0.1, 0.15) is 12.4 Å². The van der Waals surface area contributed by atoms with Crippen LogP contribution in [0.3, 0.4) is 0 Å². The average molecular weight is 371 g/mol. The monoisotopic (exact) mass is 371 g/mol. The van der Waals surface area contributed by atoms with Gasteiger partial charge in [-0.05, 0) is 54.1 Å². The Morgan fingerprint density at radius 3 is 2.79 bits per heavy atom. The number of ether oxygens (including phenoxy) is 1. The summed E-state index contributed by atoms with van der Waals surface area (Å²) in [6.07, 6.45) is 5.77. The summed E-state index contributed by atoms with van der Waals surface area (Å²) in [5, 5.41) is 3.92. The van der Waals surface area contributed by atoms with Gasteiger partial charge in [-0.2, -0.15) is 0 Å². The summed E-state index contributed by atoms with van der Waals surface area (Å²) in [4.78, 5) is 16.8. The zero-order chi connectivity index (χ0) is 19.2. The van der Waals surface area contributed by atoms with E-state index in [4.69, 9.17) is 4.74 Å². The third-order valence-electron chi connectivity index (χ3n) is 4.50. The van der Waals surface area contributed by atoms with Gasteiger partial charge in [0.15, 0.2) is 0 Å². The van der Waals surface area contributed by atoms with Crippen LogP contribution in [-0.2, 0) is 13.1 Å². The minimum Gasteiger partial charge on any atom is -0.492 e. The maximum atomic E-state index is 12.5. The number of fused-ring (bicyclic) bond motifs is 1. The number of amides is 1. The van der Waals surface area contributed by atoms with E-state index in [1.807, 2.05) is 73.1 Å². The molecule has 0 unspecified atom stereocenters. The van der Waals surface area contributed by atoms with Crippen LogP contribution in [0.5, 0.6) is 5.75 Å². The summed E-state index contributed by atoms with van der Waals surface area (Å²) >= 11 is 0. The van der Waals surface area contributed by atoms with E-state index in [1.54, 1.807) is 12.3 Å². The van der Waals surface area contributed by atoms with Crippen molar-refractivity contribution in [2.75, 3.05) is 6.61 Å². The number of nitrogens with one attached hydrogen (secondary N) is 1. The second-order valence-electron chi connectivity index (χ2n) is 6.51. The molecule has 2 aromatic carbocycles. The van der Waals surface area contributed by atoms with Gasteiger partial charge < -0.3 is 14.6 Å². The number of rotatable bonds is 7. The lowest BCUT2D eigenvalue weighted by atomic mass is 10.1. The van der Waals surface area contributed by atoms with Crippen LogP contribution in [0, 0.1) is 0 Å². The van der Waals surface area contributed by atoms with Crippen LogP contribution < -0.4 is 10.1 Å². The number of nitrogens with zero attached hydrogens (tertiary/aromatic N) is 2. The van der Waals surface area contributed by atoms with Crippen molar-refractivity contribution in [1.82, 2.24) is 14.9 Å². The van der Waals surface area contributed by atoms with Gasteiger partial charge in [-0.15, -0.1) is 0 Å². The summed E-state index contributed by atoms with van der Waals surface area (Å²) in [7, 11) is 0. The van der Waals surface area contributed by atoms with Gasteiger partial charge in [-0.3, -0.25) is 9.78 Å². The number of carbonyl (C=O) groups excluding carboxylic acids is 1. The first-order valence-electron chi connectivity index (χ1n) is 9.23. The molecule has 140 valence electrons. The van der Waals surface area contributed by atoms with E-state index in [-0.39, 0.29) is 5.91 Å². The Labute approximate surface area is 163 Å². The molecule has 0 aliphatic carbocycles.